The van der Waals surface area contributed by atoms with Crippen LogP contribution in [0.3, 0.4) is 0 Å². The van der Waals surface area contributed by atoms with E-state index in [0.29, 0.717) is 38.0 Å². The van der Waals surface area contributed by atoms with Crippen LogP contribution in [0.15, 0.2) is 127 Å². The van der Waals surface area contributed by atoms with Crippen LogP contribution in [0.4, 0.5) is 22.7 Å². The highest BCUT2D eigenvalue weighted by Crippen LogP contribution is 2.38. The van der Waals surface area contributed by atoms with E-state index in [9.17, 15) is 29.4 Å². The predicted octanol–water partition coefficient (Wildman–Crippen LogP) is 5.41. The van der Waals surface area contributed by atoms with Crippen LogP contribution in [-0.2, 0) is 31.8 Å². The molecular weight excluding hydrogens is 824 g/mol. The number of hydrogen-bond acceptors (Lipinski definition) is 12. The highest BCUT2D eigenvalue weighted by molar-refractivity contribution is 7.80. The van der Waals surface area contributed by atoms with E-state index in [4.69, 9.17) is 25.8 Å². The maximum Gasteiger partial charge on any atom is 0.692 e. The summed E-state index contributed by atoms with van der Waals surface area (Å²) in [5.41, 5.74) is 17.5. The van der Waals surface area contributed by atoms with Crippen molar-refractivity contribution in [3.63, 3.8) is 0 Å². The van der Waals surface area contributed by atoms with E-state index in [2.05, 4.69) is 87.6 Å². The molecule has 0 heterocycles. The number of amides is 3. The van der Waals surface area contributed by atoms with Gasteiger partial charge in [-0.3, -0.25) is 24.5 Å². The Morgan fingerprint density at radius 3 is 1.75 bits per heavy atom. The Labute approximate surface area is 358 Å². The lowest BCUT2D eigenvalue weighted by Gasteiger charge is -2.23. The summed E-state index contributed by atoms with van der Waals surface area (Å²) in [6, 6.07) is 37.6. The molecule has 10 N–H and O–H groups in total. The average Bonchev–Trinajstić information content (AvgIpc) is 3.26. The van der Waals surface area contributed by atoms with Crippen LogP contribution >= 0.6 is 20.9 Å². The first-order valence-corrected chi connectivity index (χ1v) is 20.5. The van der Waals surface area contributed by atoms with E-state index in [1.54, 1.807) is 0 Å². The van der Waals surface area contributed by atoms with Gasteiger partial charge in [0.05, 0.1) is 22.3 Å². The molecule has 0 saturated carbocycles. The molecule has 0 fully saturated rings. The molecule has 19 heteroatoms. The highest BCUT2D eigenvalue weighted by atomic mass is 32.1. The molecule has 3 atom stereocenters. The maximum absolute atomic E-state index is 13.3. The second kappa shape index (κ2) is 25.8. The SMILES string of the molecule is CC(Cc1ccc(-c2ccccc2)cc1)NC(=O)C(Cc1ccc(-c2ccccc2)cc1)NC(=O)C(N)CS.Nc1c(NCCNC=O)ccc([N+](=O)[O-])c1N=O.O=[P+](O)O. The minimum Gasteiger partial charge on any atom is -0.395 e. The fourth-order valence-corrected chi connectivity index (χ4v) is 5.97. The number of carbonyl (C=O) groups is 3. The molecule has 5 rings (SSSR count). The summed E-state index contributed by atoms with van der Waals surface area (Å²) in [6.45, 7) is 2.68. The Balaban J connectivity index is 0.000000375. The molecule has 0 bridgehead atoms. The molecular formula is C42H48N8O9PS+. The Hall–Kier alpha value is -6.56. The molecule has 5 aromatic carbocycles. The van der Waals surface area contributed by atoms with Crippen molar-refractivity contribution in [2.75, 3.05) is 29.9 Å². The van der Waals surface area contributed by atoms with Crippen LogP contribution in [0.5, 0.6) is 0 Å². The van der Waals surface area contributed by atoms with Crippen LogP contribution in [0.2, 0.25) is 0 Å². The number of hydrogen-bond donors (Lipinski definition) is 9. The van der Waals surface area contributed by atoms with Gasteiger partial charge in [-0.05, 0) is 58.0 Å². The minimum atomic E-state index is -2.87. The van der Waals surface area contributed by atoms with Crippen molar-refractivity contribution in [1.29, 1.82) is 0 Å². The molecule has 0 aliphatic heterocycles. The largest absolute Gasteiger partial charge is 0.692 e. The van der Waals surface area contributed by atoms with E-state index in [-0.39, 0.29) is 23.4 Å². The lowest BCUT2D eigenvalue weighted by atomic mass is 9.99. The molecule has 61 heavy (non-hydrogen) atoms. The Bertz CT molecular complexity index is 2200. The summed E-state index contributed by atoms with van der Waals surface area (Å²) in [5.74, 6) is -0.438. The summed E-state index contributed by atoms with van der Waals surface area (Å²) in [6.07, 6.45) is 1.56. The number of thiol groups is 1. The molecule has 0 saturated heterocycles. The number of nitro groups is 1. The van der Waals surface area contributed by atoms with Gasteiger partial charge in [-0.1, -0.05) is 109 Å². The number of nitrogens with one attached hydrogen (secondary N) is 4. The molecule has 17 nitrogen and oxygen atoms in total. The standard InChI is InChI=1S/C33H35N3O2S.C9H11N5O4.HO3P/c1-23(20-24-12-16-28(17-13-24)26-8-4-2-5-9-26)35-33(38)31(36-32(37)30(34)22-39)21-25-14-18-29(19-15-25)27-10-6-3-7-11-27;10-8-6(12-4-3-11-5-15)1-2-7(14(17)18)9(8)13-16;1-4(2)3/h2-19,23,30-31,39H,20-22,34H2,1H3,(H,35,38)(H,36,37);1-2,5,12H,3-4,10H2,(H,11,15);(H-,1,2,3)/p+1. The van der Waals surface area contributed by atoms with Gasteiger partial charge < -0.3 is 32.7 Å². The summed E-state index contributed by atoms with van der Waals surface area (Å²) in [5, 5.41) is 24.3. The smallest absolute Gasteiger partial charge is 0.395 e. The van der Waals surface area contributed by atoms with Gasteiger partial charge in [0.25, 0.3) is 0 Å². The lowest BCUT2D eigenvalue weighted by Crippen LogP contribution is -2.54. The van der Waals surface area contributed by atoms with Crippen LogP contribution < -0.4 is 32.7 Å². The number of nitrogen functional groups attached to an aromatic ring is 1. The predicted molar refractivity (Wildman–Crippen MR) is 240 cm³/mol. The number of nitroso groups, excluding NO2 is 1. The van der Waals surface area contributed by atoms with Crippen LogP contribution in [-0.4, -0.2) is 69.9 Å². The van der Waals surface area contributed by atoms with Crippen molar-refractivity contribution in [3.05, 3.63) is 147 Å². The fourth-order valence-electron chi connectivity index (χ4n) is 5.80. The summed E-state index contributed by atoms with van der Waals surface area (Å²) >= 11 is 4.13. The number of nitrogens with zero attached hydrogens (tertiary/aromatic N) is 2. The molecule has 5 aromatic rings. The lowest BCUT2D eigenvalue weighted by molar-refractivity contribution is -0.384. The summed E-state index contributed by atoms with van der Waals surface area (Å²) in [4.78, 5) is 70.6. The van der Waals surface area contributed by atoms with Crippen molar-refractivity contribution in [1.82, 2.24) is 16.0 Å². The number of anilines is 2. The Kier molecular flexibility index (Phi) is 20.7. The van der Waals surface area contributed by atoms with Gasteiger partial charge >= 0.3 is 13.9 Å². The number of nitro benzene ring substituents is 1. The first-order valence-electron chi connectivity index (χ1n) is 18.7. The van der Waals surface area contributed by atoms with Gasteiger partial charge in [0.15, 0.2) is 0 Å². The number of rotatable bonds is 18. The van der Waals surface area contributed by atoms with E-state index < -0.39 is 42.5 Å². The normalized spacial score (nSPS) is 11.7. The first kappa shape index (κ1) is 48.8. The molecule has 0 aromatic heterocycles. The van der Waals surface area contributed by atoms with Gasteiger partial charge in [0.2, 0.25) is 23.9 Å². The van der Waals surface area contributed by atoms with E-state index in [0.717, 1.165) is 33.9 Å². The van der Waals surface area contributed by atoms with Crippen molar-refractivity contribution in [3.8, 4) is 22.3 Å². The first-order chi connectivity index (χ1) is 29.3. The molecule has 3 amide bonds. The van der Waals surface area contributed by atoms with Gasteiger partial charge in [0, 0.05) is 41.9 Å². The summed E-state index contributed by atoms with van der Waals surface area (Å²) in [7, 11) is -2.87. The Morgan fingerprint density at radius 1 is 0.803 bits per heavy atom. The van der Waals surface area contributed by atoms with Gasteiger partial charge in [-0.25, -0.2) is 0 Å². The van der Waals surface area contributed by atoms with Crippen molar-refractivity contribution >= 4 is 61.9 Å². The highest BCUT2D eigenvalue weighted by Gasteiger charge is 2.25. The minimum absolute atomic E-state index is 0.0923. The fraction of sp³-hybridized carbons (Fsp3) is 0.214. The number of carbonyl (C=O) groups excluding carboxylic acids is 3. The topological polar surface area (TPSA) is 281 Å². The molecule has 0 radical (unpaired) electrons. The third-order valence-electron chi connectivity index (χ3n) is 8.81. The molecule has 0 aliphatic rings. The zero-order valence-electron chi connectivity index (χ0n) is 33.1. The monoisotopic (exact) mass is 871 g/mol. The number of benzene rings is 5. The zero-order valence-corrected chi connectivity index (χ0v) is 34.9. The van der Waals surface area contributed by atoms with Gasteiger partial charge in [-0.15, -0.1) is 14.7 Å². The number of nitrogens with two attached hydrogens (primary N) is 2. The van der Waals surface area contributed by atoms with E-state index in [1.165, 1.54) is 11.6 Å². The molecule has 3 unspecified atom stereocenters. The Morgan fingerprint density at radius 2 is 1.30 bits per heavy atom. The van der Waals surface area contributed by atoms with Crippen molar-refractivity contribution in [2.24, 2.45) is 10.9 Å². The zero-order chi connectivity index (χ0) is 44.7. The third-order valence-corrected chi connectivity index (χ3v) is 9.20. The molecule has 0 aliphatic carbocycles. The van der Waals surface area contributed by atoms with E-state index >= 15 is 0 Å². The molecule has 320 valence electrons. The third kappa shape index (κ3) is 16.5. The van der Waals surface area contributed by atoms with Crippen LogP contribution in [0.1, 0.15) is 18.1 Å². The second-order valence-corrected chi connectivity index (χ2v) is 14.2. The summed E-state index contributed by atoms with van der Waals surface area (Å²) < 4.78 is 8.70. The van der Waals surface area contributed by atoms with Crippen molar-refractivity contribution in [2.45, 2.75) is 37.9 Å². The maximum atomic E-state index is 13.3. The average molecular weight is 872 g/mol. The molecule has 0 spiro atoms. The van der Waals surface area contributed by atoms with E-state index in [1.807, 2.05) is 67.6 Å². The van der Waals surface area contributed by atoms with Crippen LogP contribution in [0.25, 0.3) is 22.3 Å². The van der Waals surface area contributed by atoms with Gasteiger partial charge in [0.1, 0.15) is 6.04 Å². The quantitative estimate of drug-likeness (QED) is 0.00781. The van der Waals surface area contributed by atoms with Gasteiger partial charge in [-0.2, -0.15) is 12.6 Å². The van der Waals surface area contributed by atoms with Crippen LogP contribution in [0, 0.1) is 15.0 Å². The second-order valence-electron chi connectivity index (χ2n) is 13.3. The van der Waals surface area contributed by atoms with Crippen molar-refractivity contribution < 1.29 is 33.7 Å².